The highest BCUT2D eigenvalue weighted by Gasteiger charge is 2.41. The number of oxazole rings is 1. The normalized spacial score (nSPS) is 14.3. The van der Waals surface area contributed by atoms with E-state index >= 15 is 0 Å². The van der Waals surface area contributed by atoms with E-state index in [4.69, 9.17) is 24.7 Å². The van der Waals surface area contributed by atoms with Gasteiger partial charge in [-0.2, -0.15) is 23.1 Å². The van der Waals surface area contributed by atoms with Crippen molar-refractivity contribution < 1.29 is 31.9 Å². The molecule has 4 heterocycles. The molecule has 1 aliphatic rings. The van der Waals surface area contributed by atoms with Crippen LogP contribution in [0.15, 0.2) is 16.7 Å². The molecule has 1 saturated heterocycles. The van der Waals surface area contributed by atoms with Crippen molar-refractivity contribution in [2.24, 2.45) is 0 Å². The molecule has 15 heteroatoms. The van der Waals surface area contributed by atoms with Gasteiger partial charge in [0, 0.05) is 18.0 Å². The van der Waals surface area contributed by atoms with Gasteiger partial charge in [-0.05, 0) is 19.4 Å². The number of hydrogen-bond acceptors (Lipinski definition) is 11. The van der Waals surface area contributed by atoms with Crippen molar-refractivity contribution in [3.05, 3.63) is 28.8 Å². The highest BCUT2D eigenvalue weighted by Crippen LogP contribution is 2.34. The largest absolute Gasteiger partial charge is 0.466 e. The van der Waals surface area contributed by atoms with Gasteiger partial charge in [0.15, 0.2) is 6.61 Å². The number of halogens is 3. The number of rotatable bonds is 9. The van der Waals surface area contributed by atoms with E-state index in [1.807, 2.05) is 13.0 Å². The van der Waals surface area contributed by atoms with Crippen LogP contribution in [-0.2, 0) is 29.0 Å². The van der Waals surface area contributed by atoms with Crippen molar-refractivity contribution in [3.8, 4) is 6.01 Å². The van der Waals surface area contributed by atoms with Gasteiger partial charge >= 0.3 is 18.2 Å². The molecule has 0 unspecified atom stereocenters. The van der Waals surface area contributed by atoms with Crippen LogP contribution in [-0.4, -0.2) is 69.9 Å². The third-order valence-electron chi connectivity index (χ3n) is 5.55. The summed E-state index contributed by atoms with van der Waals surface area (Å²) in [5, 5.41) is 16.3. The van der Waals surface area contributed by atoms with Crippen molar-refractivity contribution >= 4 is 45.0 Å². The van der Waals surface area contributed by atoms with Gasteiger partial charge in [-0.15, -0.1) is 11.3 Å². The molecule has 0 bridgehead atoms. The molecule has 4 rings (SSSR count). The number of nitrogens with zero attached hydrogens (tertiary/aromatic N) is 5. The Balaban J connectivity index is 1.54. The Morgan fingerprint density at radius 3 is 2.71 bits per heavy atom. The average Bonchev–Trinajstić information content (AvgIpc) is 3.47. The predicted molar refractivity (Wildman–Crippen MR) is 133 cm³/mol. The average molecular weight is 554 g/mol. The minimum Gasteiger partial charge on any atom is -0.466 e. The van der Waals surface area contributed by atoms with Crippen LogP contribution in [0, 0.1) is 10.8 Å². The number of hydrogen-bond donors (Lipinski definition) is 2. The van der Waals surface area contributed by atoms with E-state index in [0.29, 0.717) is 26.6 Å². The Morgan fingerprint density at radius 2 is 2.03 bits per heavy atom. The number of aromatic nitrogens is 3. The highest BCUT2D eigenvalue weighted by atomic mass is 32.1. The van der Waals surface area contributed by atoms with E-state index in [1.165, 1.54) is 17.6 Å². The van der Waals surface area contributed by atoms with Crippen LogP contribution in [0.4, 0.5) is 19.0 Å². The van der Waals surface area contributed by atoms with Crippen molar-refractivity contribution in [2.75, 3.05) is 31.1 Å². The number of aryl methyl sites for hydroxylation is 1. The zero-order chi connectivity index (χ0) is 27.4. The summed E-state index contributed by atoms with van der Waals surface area (Å²) in [6.07, 6.45) is -1.80. The van der Waals surface area contributed by atoms with E-state index in [1.54, 1.807) is 11.8 Å². The Kier molecular flexibility index (Phi) is 8.14. The maximum absolute atomic E-state index is 13.0. The highest BCUT2D eigenvalue weighted by molar-refractivity contribution is 7.18. The van der Waals surface area contributed by atoms with E-state index in [2.05, 4.69) is 15.0 Å². The Labute approximate surface area is 219 Å². The minimum absolute atomic E-state index is 0.0135. The van der Waals surface area contributed by atoms with Crippen molar-refractivity contribution in [1.82, 2.24) is 19.9 Å². The molecule has 0 aromatic carbocycles. The number of fused-ring (bicyclic) bond motifs is 1. The summed E-state index contributed by atoms with van der Waals surface area (Å²) in [5.74, 6) is -1.71. The molecule has 3 aromatic heterocycles. The van der Waals surface area contributed by atoms with Crippen molar-refractivity contribution in [3.63, 3.8) is 0 Å². The topological polar surface area (TPSA) is 142 Å². The fourth-order valence-electron chi connectivity index (χ4n) is 3.88. The number of carbonyl (C=O) groups excluding carboxylic acids is 1. The molecule has 204 valence electrons. The molecule has 1 aliphatic heterocycles. The fraction of sp³-hybridized carbons (Fsp3) is 0.478. The zero-order valence-electron chi connectivity index (χ0n) is 20.7. The Bertz CT molecular complexity index is 1340. The molecule has 1 fully saturated rings. The van der Waals surface area contributed by atoms with Crippen LogP contribution in [0.2, 0.25) is 0 Å². The number of alkyl halides is 3. The number of ether oxygens (including phenoxy) is 2. The number of nitrogens with one attached hydrogen (secondary N) is 2. The summed E-state index contributed by atoms with van der Waals surface area (Å²) >= 11 is 1.47. The molecule has 0 radical (unpaired) electrons. The second kappa shape index (κ2) is 11.3. The monoisotopic (exact) mass is 553 g/mol. The van der Waals surface area contributed by atoms with Gasteiger partial charge in [0.05, 0.1) is 30.7 Å². The summed E-state index contributed by atoms with van der Waals surface area (Å²) in [4.78, 5) is 28.9. The summed E-state index contributed by atoms with van der Waals surface area (Å²) in [6.45, 7) is 3.66. The maximum Gasteiger partial charge on any atom is 0.449 e. The lowest BCUT2D eigenvalue weighted by atomic mass is 10.2. The lowest BCUT2D eigenvalue weighted by molar-refractivity contribution is -0.142. The molecule has 11 nitrogen and oxygen atoms in total. The molecular weight excluding hydrogens is 527 g/mol. The standard InChI is InChI=1S/C23H26F3N7O4S/c1-3-5-14-9-15-19(32-6-7-33(16(27)10-32)21(28)23(24,25)26)30-22(31-20(15)38-14)37-12-17-29-13(11-36-17)8-18(34)35-4-2/h9,11,27-28H,3-8,10,12H2,1-2H3. The first-order valence-electron chi connectivity index (χ1n) is 11.9. The fourth-order valence-corrected chi connectivity index (χ4v) is 4.99. The summed E-state index contributed by atoms with van der Waals surface area (Å²) in [7, 11) is 0. The molecular formula is C23H26F3N7O4S. The van der Waals surface area contributed by atoms with Crippen LogP contribution in [0.3, 0.4) is 0 Å². The van der Waals surface area contributed by atoms with E-state index in [-0.39, 0.29) is 57.0 Å². The molecule has 38 heavy (non-hydrogen) atoms. The molecule has 0 spiro atoms. The van der Waals surface area contributed by atoms with Crippen LogP contribution in [0.5, 0.6) is 6.01 Å². The molecule has 0 saturated carbocycles. The predicted octanol–water partition coefficient (Wildman–Crippen LogP) is 3.96. The number of esters is 1. The number of piperazine rings is 1. The first-order chi connectivity index (χ1) is 18.1. The smallest absolute Gasteiger partial charge is 0.449 e. The van der Waals surface area contributed by atoms with Gasteiger partial charge in [0.25, 0.3) is 0 Å². The van der Waals surface area contributed by atoms with Crippen molar-refractivity contribution in [2.45, 2.75) is 45.9 Å². The molecule has 0 atom stereocenters. The van der Waals surface area contributed by atoms with Gasteiger partial charge < -0.3 is 23.7 Å². The number of thiophene rings is 1. The van der Waals surface area contributed by atoms with Gasteiger partial charge in [-0.25, -0.2) is 4.98 Å². The van der Waals surface area contributed by atoms with Gasteiger partial charge in [0.2, 0.25) is 11.7 Å². The zero-order valence-corrected chi connectivity index (χ0v) is 21.5. The molecule has 3 aromatic rings. The summed E-state index contributed by atoms with van der Waals surface area (Å²) < 4.78 is 55.1. The van der Waals surface area contributed by atoms with Crippen LogP contribution < -0.4 is 9.64 Å². The molecule has 2 N–H and O–H groups in total. The Morgan fingerprint density at radius 1 is 1.24 bits per heavy atom. The van der Waals surface area contributed by atoms with Gasteiger partial charge in [-0.3, -0.25) is 15.6 Å². The second-order valence-corrected chi connectivity index (χ2v) is 9.50. The van der Waals surface area contributed by atoms with E-state index in [9.17, 15) is 18.0 Å². The van der Waals surface area contributed by atoms with Crippen molar-refractivity contribution in [1.29, 1.82) is 10.8 Å². The summed E-state index contributed by atoms with van der Waals surface area (Å²) in [5.41, 5.74) is 0.391. The number of amidine groups is 2. The van der Waals surface area contributed by atoms with Crippen LogP contribution in [0.1, 0.15) is 36.7 Å². The minimum atomic E-state index is -4.84. The van der Waals surface area contributed by atoms with Crippen LogP contribution in [0.25, 0.3) is 10.2 Å². The van der Waals surface area contributed by atoms with Gasteiger partial charge in [-0.1, -0.05) is 13.3 Å². The van der Waals surface area contributed by atoms with E-state index < -0.39 is 18.0 Å². The summed E-state index contributed by atoms with van der Waals surface area (Å²) in [6, 6.07) is 1.96. The number of carbonyl (C=O) groups is 1. The SMILES string of the molecule is CCCc1cc2c(N3CCN(C(=N)C(F)(F)F)C(=N)C3)nc(OCc3nc(CC(=O)OCC)co3)nc2s1. The lowest BCUT2D eigenvalue weighted by Crippen LogP contribution is -2.55. The number of anilines is 1. The molecule has 0 aliphatic carbocycles. The Hall–Kier alpha value is -3.75. The van der Waals surface area contributed by atoms with E-state index in [0.717, 1.165) is 17.7 Å². The third-order valence-corrected chi connectivity index (χ3v) is 6.64. The quantitative estimate of drug-likeness (QED) is 0.229. The second-order valence-electron chi connectivity index (χ2n) is 8.38. The lowest BCUT2D eigenvalue weighted by Gasteiger charge is -2.37. The third kappa shape index (κ3) is 6.20. The van der Waals surface area contributed by atoms with Crippen LogP contribution >= 0.6 is 11.3 Å². The first-order valence-corrected chi connectivity index (χ1v) is 12.7. The maximum atomic E-state index is 13.0. The van der Waals surface area contributed by atoms with Gasteiger partial charge in [0.1, 0.15) is 22.7 Å². The first kappa shape index (κ1) is 27.3. The molecule has 0 amide bonds.